The lowest BCUT2D eigenvalue weighted by Gasteiger charge is -2.05. The summed E-state index contributed by atoms with van der Waals surface area (Å²) in [6.07, 6.45) is 3.53. The van der Waals surface area contributed by atoms with Gasteiger partial charge in [-0.25, -0.2) is 0 Å². The number of amides is 1. The highest BCUT2D eigenvalue weighted by molar-refractivity contribution is 7.08. The predicted octanol–water partition coefficient (Wildman–Crippen LogP) is 2.12. The van der Waals surface area contributed by atoms with Crippen molar-refractivity contribution in [2.45, 2.75) is 19.9 Å². The Kier molecular flexibility index (Phi) is 5.50. The number of carbonyl (C=O) groups excluding carboxylic acids is 1. The molecule has 4 nitrogen and oxygen atoms in total. The van der Waals surface area contributed by atoms with Crippen LogP contribution in [0.3, 0.4) is 0 Å². The Morgan fingerprint density at radius 2 is 2.29 bits per heavy atom. The standard InChI is InChI=1S/C16H16N2O2S/c1-12-10-21-11-15(12)9-18-16(20)14-6-13(7-17-8-14)4-2-3-5-19/h6-8,10-11,19H,3,5,9H2,1H3,(H,18,20). The summed E-state index contributed by atoms with van der Waals surface area (Å²) in [6.45, 7) is 2.56. The van der Waals surface area contributed by atoms with E-state index in [0.29, 0.717) is 24.1 Å². The summed E-state index contributed by atoms with van der Waals surface area (Å²) < 4.78 is 0. The first-order valence-electron chi connectivity index (χ1n) is 6.55. The van der Waals surface area contributed by atoms with Crippen LogP contribution in [-0.2, 0) is 6.54 Å². The molecule has 0 unspecified atom stereocenters. The number of aryl methyl sites for hydroxylation is 1. The maximum absolute atomic E-state index is 12.1. The Bertz CT molecular complexity index is 683. The van der Waals surface area contributed by atoms with Crippen LogP contribution in [0, 0.1) is 18.8 Å². The van der Waals surface area contributed by atoms with Gasteiger partial charge in [0.2, 0.25) is 0 Å². The van der Waals surface area contributed by atoms with E-state index in [4.69, 9.17) is 5.11 Å². The third-order valence-corrected chi connectivity index (χ3v) is 3.78. The van der Waals surface area contributed by atoms with Gasteiger partial charge in [-0.1, -0.05) is 11.8 Å². The summed E-state index contributed by atoms with van der Waals surface area (Å²) >= 11 is 1.63. The average molecular weight is 300 g/mol. The molecule has 21 heavy (non-hydrogen) atoms. The van der Waals surface area contributed by atoms with Crippen LogP contribution in [0.1, 0.15) is 33.5 Å². The first kappa shape index (κ1) is 15.2. The minimum Gasteiger partial charge on any atom is -0.395 e. The first-order valence-corrected chi connectivity index (χ1v) is 7.49. The summed E-state index contributed by atoms with van der Waals surface area (Å²) in [4.78, 5) is 16.1. The Morgan fingerprint density at radius 1 is 1.43 bits per heavy atom. The van der Waals surface area contributed by atoms with Crippen molar-refractivity contribution in [2.75, 3.05) is 6.61 Å². The first-order chi connectivity index (χ1) is 10.2. The lowest BCUT2D eigenvalue weighted by Crippen LogP contribution is -2.23. The number of pyridine rings is 1. The van der Waals surface area contributed by atoms with Crippen LogP contribution in [0.2, 0.25) is 0 Å². The number of aromatic nitrogens is 1. The van der Waals surface area contributed by atoms with Crippen LogP contribution >= 0.6 is 11.3 Å². The Labute approximate surface area is 127 Å². The maximum Gasteiger partial charge on any atom is 0.253 e. The van der Waals surface area contributed by atoms with E-state index >= 15 is 0 Å². The molecule has 0 saturated carbocycles. The number of thiophene rings is 1. The molecular weight excluding hydrogens is 284 g/mol. The van der Waals surface area contributed by atoms with Crippen LogP contribution < -0.4 is 5.32 Å². The van der Waals surface area contributed by atoms with Crippen LogP contribution in [-0.4, -0.2) is 22.6 Å². The zero-order chi connectivity index (χ0) is 15.1. The van der Waals surface area contributed by atoms with Crippen LogP contribution in [0.4, 0.5) is 0 Å². The van der Waals surface area contributed by atoms with Crippen molar-refractivity contribution in [2.24, 2.45) is 0 Å². The predicted molar refractivity (Wildman–Crippen MR) is 83.0 cm³/mol. The van der Waals surface area contributed by atoms with Gasteiger partial charge in [-0.15, -0.1) is 0 Å². The van der Waals surface area contributed by atoms with Crippen molar-refractivity contribution >= 4 is 17.2 Å². The van der Waals surface area contributed by atoms with E-state index in [9.17, 15) is 4.79 Å². The van der Waals surface area contributed by atoms with Crippen LogP contribution in [0.25, 0.3) is 0 Å². The Hall–Kier alpha value is -2.16. The highest BCUT2D eigenvalue weighted by Crippen LogP contribution is 2.13. The quantitative estimate of drug-likeness (QED) is 0.850. The Balaban J connectivity index is 2.01. The number of carbonyl (C=O) groups is 1. The van der Waals surface area contributed by atoms with Gasteiger partial charge in [0.15, 0.2) is 0 Å². The molecule has 0 radical (unpaired) electrons. The fourth-order valence-electron chi connectivity index (χ4n) is 1.70. The number of aliphatic hydroxyl groups is 1. The second kappa shape index (κ2) is 7.58. The van der Waals surface area contributed by atoms with Crippen molar-refractivity contribution in [1.82, 2.24) is 10.3 Å². The van der Waals surface area contributed by atoms with E-state index in [2.05, 4.69) is 27.5 Å². The van der Waals surface area contributed by atoms with Crippen LogP contribution in [0.15, 0.2) is 29.2 Å². The number of hydrogen-bond donors (Lipinski definition) is 2. The minimum absolute atomic E-state index is 0.0284. The molecule has 0 atom stereocenters. The van der Waals surface area contributed by atoms with Gasteiger partial charge in [-0.05, 0) is 34.9 Å². The van der Waals surface area contributed by atoms with E-state index in [0.717, 1.165) is 5.56 Å². The van der Waals surface area contributed by atoms with Gasteiger partial charge in [0, 0.05) is 30.9 Å². The molecule has 0 spiro atoms. The molecule has 0 aliphatic carbocycles. The lowest BCUT2D eigenvalue weighted by atomic mass is 10.2. The number of rotatable bonds is 4. The van der Waals surface area contributed by atoms with Gasteiger partial charge in [0.25, 0.3) is 5.91 Å². The zero-order valence-corrected chi connectivity index (χ0v) is 12.5. The number of aliphatic hydroxyl groups excluding tert-OH is 1. The smallest absolute Gasteiger partial charge is 0.253 e. The van der Waals surface area contributed by atoms with Gasteiger partial charge >= 0.3 is 0 Å². The van der Waals surface area contributed by atoms with E-state index in [1.54, 1.807) is 23.6 Å². The lowest BCUT2D eigenvalue weighted by molar-refractivity contribution is 0.0950. The van der Waals surface area contributed by atoms with Gasteiger partial charge in [0.05, 0.1) is 12.2 Å². The van der Waals surface area contributed by atoms with Gasteiger partial charge in [-0.2, -0.15) is 11.3 Å². The van der Waals surface area contributed by atoms with E-state index in [1.165, 1.54) is 11.8 Å². The summed E-state index contributed by atoms with van der Waals surface area (Å²) in [6, 6.07) is 1.70. The van der Waals surface area contributed by atoms with E-state index < -0.39 is 0 Å². The molecule has 1 amide bonds. The van der Waals surface area contributed by atoms with E-state index in [1.807, 2.05) is 12.3 Å². The molecule has 0 aromatic carbocycles. The van der Waals surface area contributed by atoms with Crippen molar-refractivity contribution < 1.29 is 9.90 Å². The van der Waals surface area contributed by atoms with Crippen molar-refractivity contribution in [3.63, 3.8) is 0 Å². The fourth-order valence-corrected chi connectivity index (χ4v) is 2.56. The molecule has 2 rings (SSSR count). The fraction of sp³-hybridized carbons (Fsp3) is 0.250. The summed E-state index contributed by atoms with van der Waals surface area (Å²) in [7, 11) is 0. The topological polar surface area (TPSA) is 62.2 Å². The maximum atomic E-state index is 12.1. The van der Waals surface area contributed by atoms with Crippen molar-refractivity contribution in [1.29, 1.82) is 0 Å². The number of hydrogen-bond acceptors (Lipinski definition) is 4. The largest absolute Gasteiger partial charge is 0.395 e. The molecule has 0 aliphatic heterocycles. The molecule has 0 bridgehead atoms. The zero-order valence-electron chi connectivity index (χ0n) is 11.7. The summed E-state index contributed by atoms with van der Waals surface area (Å²) in [5.74, 6) is 5.51. The minimum atomic E-state index is -0.168. The van der Waals surface area contributed by atoms with E-state index in [-0.39, 0.29) is 12.5 Å². The second-order valence-electron chi connectivity index (χ2n) is 4.50. The van der Waals surface area contributed by atoms with Gasteiger partial charge in [-0.3, -0.25) is 9.78 Å². The molecule has 108 valence electrons. The molecule has 5 heteroatoms. The highest BCUT2D eigenvalue weighted by Gasteiger charge is 2.07. The van der Waals surface area contributed by atoms with Crippen molar-refractivity contribution in [3.8, 4) is 11.8 Å². The monoisotopic (exact) mass is 300 g/mol. The molecule has 2 N–H and O–H groups in total. The SMILES string of the molecule is Cc1cscc1CNC(=O)c1cncc(C#CCCO)c1. The highest BCUT2D eigenvalue weighted by atomic mass is 32.1. The molecule has 2 aromatic heterocycles. The van der Waals surface area contributed by atoms with Gasteiger partial charge in [0.1, 0.15) is 0 Å². The number of nitrogens with one attached hydrogen (secondary N) is 1. The molecular formula is C16H16N2O2S. The molecule has 2 heterocycles. The summed E-state index contributed by atoms with van der Waals surface area (Å²) in [5.41, 5.74) is 3.46. The molecule has 0 fully saturated rings. The molecule has 0 saturated heterocycles. The Morgan fingerprint density at radius 3 is 3.00 bits per heavy atom. The van der Waals surface area contributed by atoms with Crippen molar-refractivity contribution in [3.05, 3.63) is 51.5 Å². The molecule has 2 aromatic rings. The number of nitrogens with zero attached hydrogens (tertiary/aromatic N) is 1. The average Bonchev–Trinajstić information content (AvgIpc) is 2.91. The third-order valence-electron chi connectivity index (χ3n) is 2.87. The van der Waals surface area contributed by atoms with Crippen LogP contribution in [0.5, 0.6) is 0 Å². The van der Waals surface area contributed by atoms with Gasteiger partial charge < -0.3 is 10.4 Å². The second-order valence-corrected chi connectivity index (χ2v) is 5.24. The summed E-state index contributed by atoms with van der Waals surface area (Å²) in [5, 5.41) is 15.7. The third kappa shape index (κ3) is 4.42. The normalized spacial score (nSPS) is 9.81. The molecule has 0 aliphatic rings.